The van der Waals surface area contributed by atoms with Crippen LogP contribution >= 0.6 is 0 Å². The van der Waals surface area contributed by atoms with Crippen molar-refractivity contribution in [1.29, 1.82) is 0 Å². The highest BCUT2D eigenvalue weighted by Gasteiger charge is 2.12. The van der Waals surface area contributed by atoms with Crippen molar-refractivity contribution in [3.63, 3.8) is 0 Å². The predicted octanol–water partition coefficient (Wildman–Crippen LogP) is 4.58. The number of carbonyl (C=O) groups is 1. The fourth-order valence-corrected chi connectivity index (χ4v) is 3.48. The van der Waals surface area contributed by atoms with Crippen LogP contribution in [0.5, 0.6) is 5.75 Å². The molecule has 1 saturated heterocycles. The summed E-state index contributed by atoms with van der Waals surface area (Å²) >= 11 is 0. The number of para-hydroxylation sites is 1. The first kappa shape index (κ1) is 18.5. The molecule has 4 heteroatoms. The molecule has 2 aromatic rings. The molecule has 1 heterocycles. The van der Waals surface area contributed by atoms with Crippen LogP contribution in [0.25, 0.3) is 0 Å². The van der Waals surface area contributed by atoms with Crippen LogP contribution in [0.4, 0.5) is 4.79 Å². The molecule has 1 aliphatic heterocycles. The van der Waals surface area contributed by atoms with Gasteiger partial charge in [-0.25, -0.2) is 4.79 Å². The second kappa shape index (κ2) is 8.86. The maximum Gasteiger partial charge on any atom is 0.412 e. The van der Waals surface area contributed by atoms with Crippen molar-refractivity contribution >= 4 is 6.09 Å². The van der Waals surface area contributed by atoms with Crippen LogP contribution in [-0.2, 0) is 13.1 Å². The van der Waals surface area contributed by atoms with Gasteiger partial charge in [0.05, 0.1) is 0 Å². The Balaban J connectivity index is 1.54. The largest absolute Gasteiger partial charge is 0.412 e. The van der Waals surface area contributed by atoms with E-state index in [1.165, 1.54) is 37.9 Å². The molecule has 0 atom stereocenters. The fourth-order valence-electron chi connectivity index (χ4n) is 3.48. The SMILES string of the molecule is Cc1cccc(C)c1OC(=O)NCc1cccc(CN2CCCCC2)c1. The first-order chi connectivity index (χ1) is 12.6. The highest BCUT2D eigenvalue weighted by molar-refractivity contribution is 5.71. The van der Waals surface area contributed by atoms with Gasteiger partial charge in [0.25, 0.3) is 0 Å². The van der Waals surface area contributed by atoms with Gasteiger partial charge in [0, 0.05) is 13.1 Å². The van der Waals surface area contributed by atoms with Crippen LogP contribution in [0, 0.1) is 13.8 Å². The molecule has 1 N–H and O–H groups in total. The van der Waals surface area contributed by atoms with E-state index < -0.39 is 6.09 Å². The third-order valence-corrected chi connectivity index (χ3v) is 4.89. The van der Waals surface area contributed by atoms with Crippen LogP contribution in [0.2, 0.25) is 0 Å². The maximum absolute atomic E-state index is 12.2. The van der Waals surface area contributed by atoms with Crippen molar-refractivity contribution in [2.75, 3.05) is 13.1 Å². The second-order valence-corrected chi connectivity index (χ2v) is 7.12. The third-order valence-electron chi connectivity index (χ3n) is 4.89. The number of rotatable bonds is 5. The van der Waals surface area contributed by atoms with Gasteiger partial charge < -0.3 is 10.1 Å². The number of likely N-dealkylation sites (tertiary alicyclic amines) is 1. The molecule has 2 aromatic carbocycles. The standard InChI is InChI=1S/C22H28N2O2/c1-17-8-6-9-18(2)21(17)26-22(25)23-15-19-10-7-11-20(14-19)16-24-12-4-3-5-13-24/h6-11,14H,3-5,12-13,15-16H2,1-2H3,(H,23,25). The normalized spacial score (nSPS) is 14.8. The minimum Gasteiger partial charge on any atom is -0.410 e. The number of ether oxygens (including phenoxy) is 1. The first-order valence-electron chi connectivity index (χ1n) is 9.44. The number of piperidine rings is 1. The van der Waals surface area contributed by atoms with Crippen LogP contribution in [-0.4, -0.2) is 24.1 Å². The van der Waals surface area contributed by atoms with E-state index in [0.29, 0.717) is 12.3 Å². The van der Waals surface area contributed by atoms with Gasteiger partial charge in [0.15, 0.2) is 0 Å². The average Bonchev–Trinajstić information content (AvgIpc) is 2.64. The summed E-state index contributed by atoms with van der Waals surface area (Å²) in [4.78, 5) is 14.7. The lowest BCUT2D eigenvalue weighted by molar-refractivity contribution is 0.199. The zero-order valence-electron chi connectivity index (χ0n) is 15.8. The lowest BCUT2D eigenvalue weighted by Crippen LogP contribution is -2.29. The van der Waals surface area contributed by atoms with Gasteiger partial charge in [-0.1, -0.05) is 48.9 Å². The molecule has 0 aliphatic carbocycles. The summed E-state index contributed by atoms with van der Waals surface area (Å²) in [5, 5.41) is 2.86. The number of aryl methyl sites for hydroxylation is 2. The number of nitrogens with one attached hydrogen (secondary N) is 1. The van der Waals surface area contributed by atoms with E-state index in [-0.39, 0.29) is 0 Å². The molecular weight excluding hydrogens is 324 g/mol. The average molecular weight is 352 g/mol. The number of benzene rings is 2. The Morgan fingerprint density at radius 3 is 2.38 bits per heavy atom. The lowest BCUT2D eigenvalue weighted by atomic mass is 10.1. The predicted molar refractivity (Wildman–Crippen MR) is 104 cm³/mol. The molecular formula is C22H28N2O2. The summed E-state index contributed by atoms with van der Waals surface area (Å²) in [6.07, 6.45) is 3.53. The summed E-state index contributed by atoms with van der Waals surface area (Å²) in [6, 6.07) is 14.3. The van der Waals surface area contributed by atoms with Crippen molar-refractivity contribution < 1.29 is 9.53 Å². The smallest absolute Gasteiger partial charge is 0.410 e. The number of amides is 1. The summed E-state index contributed by atoms with van der Waals surface area (Å²) in [6.45, 7) is 7.72. The first-order valence-corrected chi connectivity index (χ1v) is 9.44. The number of hydrogen-bond donors (Lipinski definition) is 1. The van der Waals surface area contributed by atoms with Gasteiger partial charge in [-0.2, -0.15) is 0 Å². The highest BCUT2D eigenvalue weighted by atomic mass is 16.6. The van der Waals surface area contributed by atoms with Crippen LogP contribution in [0.15, 0.2) is 42.5 Å². The van der Waals surface area contributed by atoms with Gasteiger partial charge in [0.1, 0.15) is 5.75 Å². The Kier molecular flexibility index (Phi) is 6.29. The van der Waals surface area contributed by atoms with Crippen molar-refractivity contribution in [1.82, 2.24) is 10.2 Å². The van der Waals surface area contributed by atoms with Crippen molar-refractivity contribution in [3.8, 4) is 5.75 Å². The Labute approximate surface area is 156 Å². The Morgan fingerprint density at radius 2 is 1.65 bits per heavy atom. The van der Waals surface area contributed by atoms with Gasteiger partial charge in [-0.3, -0.25) is 4.90 Å². The molecule has 1 fully saturated rings. The number of carbonyl (C=O) groups excluding carboxylic acids is 1. The van der Waals surface area contributed by atoms with E-state index in [2.05, 4.69) is 28.4 Å². The Bertz CT molecular complexity index is 731. The van der Waals surface area contributed by atoms with E-state index in [9.17, 15) is 4.79 Å². The lowest BCUT2D eigenvalue weighted by Gasteiger charge is -2.26. The van der Waals surface area contributed by atoms with Crippen LogP contribution in [0.1, 0.15) is 41.5 Å². The molecule has 0 bridgehead atoms. The zero-order chi connectivity index (χ0) is 18.4. The highest BCUT2D eigenvalue weighted by Crippen LogP contribution is 2.22. The fraction of sp³-hybridized carbons (Fsp3) is 0.409. The van der Waals surface area contributed by atoms with Crippen LogP contribution < -0.4 is 10.1 Å². The van der Waals surface area contributed by atoms with E-state index in [4.69, 9.17) is 4.74 Å². The molecule has 0 radical (unpaired) electrons. The summed E-state index contributed by atoms with van der Waals surface area (Å²) in [7, 11) is 0. The molecule has 26 heavy (non-hydrogen) atoms. The molecule has 138 valence electrons. The van der Waals surface area contributed by atoms with E-state index in [1.807, 2.05) is 38.1 Å². The maximum atomic E-state index is 12.2. The third kappa shape index (κ3) is 5.09. The minimum atomic E-state index is -0.413. The quantitative estimate of drug-likeness (QED) is 0.856. The van der Waals surface area contributed by atoms with Gasteiger partial charge in [-0.05, 0) is 62.0 Å². The summed E-state index contributed by atoms with van der Waals surface area (Å²) in [5.41, 5.74) is 4.32. The van der Waals surface area contributed by atoms with Crippen molar-refractivity contribution in [2.45, 2.75) is 46.2 Å². The Hall–Kier alpha value is -2.33. The van der Waals surface area contributed by atoms with Gasteiger partial charge in [0.2, 0.25) is 0 Å². The van der Waals surface area contributed by atoms with Crippen LogP contribution in [0.3, 0.4) is 0 Å². The minimum absolute atomic E-state index is 0.413. The zero-order valence-corrected chi connectivity index (χ0v) is 15.8. The Morgan fingerprint density at radius 1 is 1.00 bits per heavy atom. The molecule has 0 spiro atoms. The topological polar surface area (TPSA) is 41.6 Å². The van der Waals surface area contributed by atoms with E-state index in [0.717, 1.165) is 23.2 Å². The second-order valence-electron chi connectivity index (χ2n) is 7.12. The molecule has 4 nitrogen and oxygen atoms in total. The molecule has 1 aliphatic rings. The van der Waals surface area contributed by atoms with Crippen molar-refractivity contribution in [3.05, 3.63) is 64.7 Å². The number of nitrogens with zero attached hydrogens (tertiary/aromatic N) is 1. The van der Waals surface area contributed by atoms with Gasteiger partial charge >= 0.3 is 6.09 Å². The van der Waals surface area contributed by atoms with Gasteiger partial charge in [-0.15, -0.1) is 0 Å². The monoisotopic (exact) mass is 352 g/mol. The van der Waals surface area contributed by atoms with E-state index in [1.54, 1.807) is 0 Å². The molecule has 1 amide bonds. The van der Waals surface area contributed by atoms with E-state index >= 15 is 0 Å². The molecule has 0 aromatic heterocycles. The molecule has 3 rings (SSSR count). The number of hydrogen-bond acceptors (Lipinski definition) is 3. The summed E-state index contributed by atoms with van der Waals surface area (Å²) in [5.74, 6) is 0.642. The molecule has 0 saturated carbocycles. The summed E-state index contributed by atoms with van der Waals surface area (Å²) < 4.78 is 5.49. The van der Waals surface area contributed by atoms with Crippen molar-refractivity contribution in [2.24, 2.45) is 0 Å². The molecule has 0 unspecified atom stereocenters.